The SMILES string of the molecule is O=C(CC1CCC(C(F)(F)F)CC1)NC1CS(=O)(=O)Cc2ccccc21. The van der Waals surface area contributed by atoms with Gasteiger partial charge in [-0.2, -0.15) is 13.2 Å². The second-order valence-corrected chi connectivity index (χ2v) is 9.45. The van der Waals surface area contributed by atoms with Gasteiger partial charge in [0.15, 0.2) is 9.84 Å². The van der Waals surface area contributed by atoms with Gasteiger partial charge in [0.05, 0.1) is 23.5 Å². The quantitative estimate of drug-likeness (QED) is 0.860. The smallest absolute Gasteiger partial charge is 0.348 e. The van der Waals surface area contributed by atoms with Crippen molar-refractivity contribution < 1.29 is 26.4 Å². The maximum absolute atomic E-state index is 12.7. The molecule has 26 heavy (non-hydrogen) atoms. The van der Waals surface area contributed by atoms with Crippen LogP contribution in [0.1, 0.15) is 49.3 Å². The molecule has 0 saturated heterocycles. The van der Waals surface area contributed by atoms with Crippen LogP contribution in [0.25, 0.3) is 0 Å². The number of benzene rings is 1. The van der Waals surface area contributed by atoms with Gasteiger partial charge in [-0.1, -0.05) is 24.3 Å². The Morgan fingerprint density at radius 2 is 1.77 bits per heavy atom. The highest BCUT2D eigenvalue weighted by atomic mass is 32.2. The molecule has 1 unspecified atom stereocenters. The van der Waals surface area contributed by atoms with E-state index < -0.39 is 28.0 Å². The molecule has 4 nitrogen and oxygen atoms in total. The van der Waals surface area contributed by atoms with Crippen LogP contribution in [-0.2, 0) is 20.4 Å². The first kappa shape index (κ1) is 19.2. The molecular weight excluding hydrogens is 367 g/mol. The van der Waals surface area contributed by atoms with Gasteiger partial charge in [0, 0.05) is 6.42 Å². The van der Waals surface area contributed by atoms with Gasteiger partial charge in [0.2, 0.25) is 5.91 Å². The molecule has 1 heterocycles. The molecule has 0 bridgehead atoms. The van der Waals surface area contributed by atoms with E-state index in [2.05, 4.69) is 5.32 Å². The highest BCUT2D eigenvalue weighted by Crippen LogP contribution is 2.40. The molecular formula is C18H22F3NO3S. The largest absolute Gasteiger partial charge is 0.391 e. The fourth-order valence-electron chi connectivity index (χ4n) is 3.97. The summed E-state index contributed by atoms with van der Waals surface area (Å²) in [7, 11) is -3.29. The molecule has 1 fully saturated rings. The molecule has 1 amide bonds. The molecule has 0 radical (unpaired) electrons. The Kier molecular flexibility index (Phi) is 5.33. The average Bonchev–Trinajstić information content (AvgIpc) is 2.53. The van der Waals surface area contributed by atoms with Crippen molar-refractivity contribution in [2.75, 3.05) is 5.75 Å². The third-order valence-corrected chi connectivity index (χ3v) is 6.94. The van der Waals surface area contributed by atoms with E-state index in [4.69, 9.17) is 0 Å². The number of carbonyl (C=O) groups excluding carboxylic acids is 1. The summed E-state index contributed by atoms with van der Waals surface area (Å²) in [6.07, 6.45) is -3.16. The third kappa shape index (κ3) is 4.58. The molecule has 0 aromatic heterocycles. The minimum atomic E-state index is -4.16. The first-order valence-corrected chi connectivity index (χ1v) is 10.6. The van der Waals surface area contributed by atoms with E-state index in [9.17, 15) is 26.4 Å². The van der Waals surface area contributed by atoms with Gasteiger partial charge in [-0.05, 0) is 42.7 Å². The van der Waals surface area contributed by atoms with E-state index in [-0.39, 0.29) is 42.6 Å². The lowest BCUT2D eigenvalue weighted by Crippen LogP contribution is -2.38. The zero-order valence-electron chi connectivity index (χ0n) is 14.3. The molecule has 144 valence electrons. The highest BCUT2D eigenvalue weighted by Gasteiger charge is 2.41. The van der Waals surface area contributed by atoms with Crippen LogP contribution in [-0.4, -0.2) is 26.3 Å². The van der Waals surface area contributed by atoms with E-state index in [0.717, 1.165) is 5.56 Å². The van der Waals surface area contributed by atoms with E-state index >= 15 is 0 Å². The van der Waals surface area contributed by atoms with Crippen molar-refractivity contribution >= 4 is 15.7 Å². The molecule has 2 aliphatic rings. The maximum atomic E-state index is 12.7. The van der Waals surface area contributed by atoms with Gasteiger partial charge in [0.1, 0.15) is 0 Å². The van der Waals surface area contributed by atoms with Crippen LogP contribution in [0.15, 0.2) is 24.3 Å². The Morgan fingerprint density at radius 3 is 2.42 bits per heavy atom. The molecule has 1 aliphatic heterocycles. The van der Waals surface area contributed by atoms with Crippen LogP contribution in [0.2, 0.25) is 0 Å². The monoisotopic (exact) mass is 389 g/mol. The molecule has 8 heteroatoms. The second-order valence-electron chi connectivity index (χ2n) is 7.34. The Balaban J connectivity index is 1.59. The predicted octanol–water partition coefficient (Wildman–Crippen LogP) is 3.53. The average molecular weight is 389 g/mol. The van der Waals surface area contributed by atoms with Crippen LogP contribution in [0.4, 0.5) is 13.2 Å². The predicted molar refractivity (Wildman–Crippen MR) is 90.9 cm³/mol. The molecule has 1 atom stereocenters. The van der Waals surface area contributed by atoms with Crippen LogP contribution in [0.3, 0.4) is 0 Å². The summed E-state index contributed by atoms with van der Waals surface area (Å²) in [5, 5.41) is 2.78. The fourth-order valence-corrected chi connectivity index (χ4v) is 5.60. The second kappa shape index (κ2) is 7.21. The van der Waals surface area contributed by atoms with Gasteiger partial charge in [-0.15, -0.1) is 0 Å². The van der Waals surface area contributed by atoms with Crippen molar-refractivity contribution in [1.82, 2.24) is 5.32 Å². The summed E-state index contributed by atoms with van der Waals surface area (Å²) >= 11 is 0. The standard InChI is InChI=1S/C18H22F3NO3S/c19-18(20,21)14-7-5-12(6-8-14)9-17(23)22-16-11-26(24,25)10-13-3-1-2-4-15(13)16/h1-4,12,14,16H,5-11H2,(H,22,23). The van der Waals surface area contributed by atoms with E-state index in [1.54, 1.807) is 18.2 Å². The maximum Gasteiger partial charge on any atom is 0.391 e. The number of sulfone groups is 1. The van der Waals surface area contributed by atoms with E-state index in [1.165, 1.54) is 0 Å². The van der Waals surface area contributed by atoms with Crippen molar-refractivity contribution in [3.05, 3.63) is 35.4 Å². The number of fused-ring (bicyclic) bond motifs is 1. The van der Waals surface area contributed by atoms with E-state index in [1.807, 2.05) is 6.07 Å². The van der Waals surface area contributed by atoms with Gasteiger partial charge >= 0.3 is 6.18 Å². The first-order chi connectivity index (χ1) is 12.1. The van der Waals surface area contributed by atoms with Crippen LogP contribution < -0.4 is 5.32 Å². The number of halogens is 3. The van der Waals surface area contributed by atoms with Gasteiger partial charge in [-0.25, -0.2) is 8.42 Å². The lowest BCUT2D eigenvalue weighted by Gasteiger charge is -2.30. The van der Waals surface area contributed by atoms with Crippen molar-refractivity contribution in [3.8, 4) is 0 Å². The lowest BCUT2D eigenvalue weighted by atomic mass is 9.80. The molecule has 1 saturated carbocycles. The van der Waals surface area contributed by atoms with Gasteiger partial charge < -0.3 is 5.32 Å². The Labute approximate surface area is 151 Å². The number of carbonyl (C=O) groups is 1. The molecule has 0 spiro atoms. The lowest BCUT2D eigenvalue weighted by molar-refractivity contribution is -0.184. The summed E-state index contributed by atoms with van der Waals surface area (Å²) in [6, 6.07) is 6.52. The number of nitrogens with one attached hydrogen (secondary N) is 1. The zero-order chi connectivity index (χ0) is 18.9. The van der Waals surface area contributed by atoms with Crippen molar-refractivity contribution in [2.45, 2.75) is 50.1 Å². The number of alkyl halides is 3. The number of hydrogen-bond acceptors (Lipinski definition) is 3. The Morgan fingerprint density at radius 1 is 1.12 bits per heavy atom. The molecule has 1 aromatic carbocycles. The minimum Gasteiger partial charge on any atom is -0.348 e. The molecule has 1 aliphatic carbocycles. The third-order valence-electron chi connectivity index (χ3n) is 5.35. The summed E-state index contributed by atoms with van der Waals surface area (Å²) in [5.74, 6) is -1.81. The fraction of sp³-hybridized carbons (Fsp3) is 0.611. The minimum absolute atomic E-state index is 0.0308. The molecule has 3 rings (SSSR count). The Hall–Kier alpha value is -1.57. The van der Waals surface area contributed by atoms with Gasteiger partial charge in [0.25, 0.3) is 0 Å². The zero-order valence-corrected chi connectivity index (χ0v) is 15.1. The van der Waals surface area contributed by atoms with Crippen LogP contribution in [0, 0.1) is 11.8 Å². The summed E-state index contributed by atoms with van der Waals surface area (Å²) < 4.78 is 62.3. The van der Waals surface area contributed by atoms with Crippen molar-refractivity contribution in [2.24, 2.45) is 11.8 Å². The first-order valence-electron chi connectivity index (χ1n) is 8.78. The van der Waals surface area contributed by atoms with Gasteiger partial charge in [-0.3, -0.25) is 4.79 Å². The number of amides is 1. The number of rotatable bonds is 3. The van der Waals surface area contributed by atoms with Crippen molar-refractivity contribution in [1.29, 1.82) is 0 Å². The summed E-state index contributed by atoms with van der Waals surface area (Å²) in [6.45, 7) is 0. The molecule has 1 N–H and O–H groups in total. The van der Waals surface area contributed by atoms with E-state index in [0.29, 0.717) is 18.4 Å². The Bertz CT molecular complexity index is 768. The number of hydrogen-bond donors (Lipinski definition) is 1. The summed E-state index contributed by atoms with van der Waals surface area (Å²) in [5.41, 5.74) is 1.49. The van der Waals surface area contributed by atoms with Crippen molar-refractivity contribution in [3.63, 3.8) is 0 Å². The summed E-state index contributed by atoms with van der Waals surface area (Å²) in [4.78, 5) is 12.4. The molecule has 1 aromatic rings. The highest BCUT2D eigenvalue weighted by molar-refractivity contribution is 7.90. The topological polar surface area (TPSA) is 63.2 Å². The normalized spacial score (nSPS) is 28.2. The van der Waals surface area contributed by atoms with Crippen LogP contribution >= 0.6 is 0 Å². The van der Waals surface area contributed by atoms with Crippen LogP contribution in [0.5, 0.6) is 0 Å².